The number of methoxy groups -OCH3 is 3. The zero-order valence-electron chi connectivity index (χ0n) is 17.0. The summed E-state index contributed by atoms with van der Waals surface area (Å²) in [5, 5.41) is 0.387. The standard InChI is InChI=1S/C20H20ClN3O7/c1-28-15-6-11(7-16(29-2)19(15)30-3)20(27)23-22-17(25)9-24-13-8-12(21)4-5-14(13)31-10-18(24)26/h4-8H,9-10H2,1-3H3,(H,22,25)(H,23,27). The topological polar surface area (TPSA) is 115 Å². The van der Waals surface area contributed by atoms with Crippen LogP contribution in [0, 0.1) is 0 Å². The van der Waals surface area contributed by atoms with E-state index in [9.17, 15) is 14.4 Å². The molecular formula is C20H20ClN3O7. The molecular weight excluding hydrogens is 430 g/mol. The molecule has 0 radical (unpaired) electrons. The summed E-state index contributed by atoms with van der Waals surface area (Å²) >= 11 is 5.99. The predicted octanol–water partition coefficient (Wildman–Crippen LogP) is 1.55. The van der Waals surface area contributed by atoms with E-state index in [1.807, 2.05) is 0 Å². The Morgan fingerprint density at radius 2 is 1.74 bits per heavy atom. The lowest BCUT2D eigenvalue weighted by Gasteiger charge is -2.28. The summed E-state index contributed by atoms with van der Waals surface area (Å²) < 4.78 is 21.0. The molecule has 0 fully saturated rings. The third-order valence-electron chi connectivity index (χ3n) is 4.41. The van der Waals surface area contributed by atoms with Gasteiger partial charge in [-0.1, -0.05) is 11.6 Å². The Kier molecular flexibility index (Phi) is 6.71. The molecule has 3 amide bonds. The fourth-order valence-corrected chi connectivity index (χ4v) is 3.11. The molecule has 0 spiro atoms. The molecule has 164 valence electrons. The number of hydrogen-bond donors (Lipinski definition) is 2. The molecule has 10 nitrogen and oxygen atoms in total. The van der Waals surface area contributed by atoms with Gasteiger partial charge in [0.05, 0.1) is 27.0 Å². The Morgan fingerprint density at radius 1 is 1.06 bits per heavy atom. The van der Waals surface area contributed by atoms with Crippen LogP contribution in [0.5, 0.6) is 23.0 Å². The lowest BCUT2D eigenvalue weighted by Crippen LogP contribution is -2.49. The van der Waals surface area contributed by atoms with E-state index in [1.54, 1.807) is 12.1 Å². The van der Waals surface area contributed by atoms with Crippen LogP contribution in [0.1, 0.15) is 10.4 Å². The van der Waals surface area contributed by atoms with E-state index < -0.39 is 17.7 Å². The van der Waals surface area contributed by atoms with E-state index >= 15 is 0 Å². The fraction of sp³-hybridized carbons (Fsp3) is 0.250. The molecule has 2 aromatic carbocycles. The summed E-state index contributed by atoms with van der Waals surface area (Å²) in [7, 11) is 4.28. The number of carbonyl (C=O) groups is 3. The molecule has 0 aliphatic carbocycles. The first-order valence-corrected chi connectivity index (χ1v) is 9.37. The van der Waals surface area contributed by atoms with Gasteiger partial charge >= 0.3 is 0 Å². The number of ether oxygens (including phenoxy) is 4. The van der Waals surface area contributed by atoms with Crippen LogP contribution in [-0.4, -0.2) is 52.2 Å². The first-order valence-electron chi connectivity index (χ1n) is 8.99. The van der Waals surface area contributed by atoms with E-state index in [4.69, 9.17) is 30.5 Å². The largest absolute Gasteiger partial charge is 0.493 e. The molecule has 0 saturated heterocycles. The molecule has 0 saturated carbocycles. The van der Waals surface area contributed by atoms with Gasteiger partial charge in [-0.05, 0) is 30.3 Å². The summed E-state index contributed by atoms with van der Waals surface area (Å²) in [4.78, 5) is 38.3. The highest BCUT2D eigenvalue weighted by atomic mass is 35.5. The first-order chi connectivity index (χ1) is 14.9. The van der Waals surface area contributed by atoms with Crippen molar-refractivity contribution in [2.75, 3.05) is 39.4 Å². The molecule has 2 N–H and O–H groups in total. The van der Waals surface area contributed by atoms with Gasteiger partial charge in [0.2, 0.25) is 5.75 Å². The number of fused-ring (bicyclic) bond motifs is 1. The van der Waals surface area contributed by atoms with Crippen molar-refractivity contribution < 1.29 is 33.3 Å². The molecule has 0 bridgehead atoms. The maximum Gasteiger partial charge on any atom is 0.269 e. The van der Waals surface area contributed by atoms with E-state index in [0.29, 0.717) is 22.2 Å². The molecule has 0 aromatic heterocycles. The lowest BCUT2D eigenvalue weighted by atomic mass is 10.1. The van der Waals surface area contributed by atoms with E-state index in [2.05, 4.69) is 10.9 Å². The summed E-state index contributed by atoms with van der Waals surface area (Å²) in [5.74, 6) is -0.337. The zero-order valence-corrected chi connectivity index (χ0v) is 17.7. The van der Waals surface area contributed by atoms with Crippen LogP contribution in [-0.2, 0) is 9.59 Å². The number of nitrogens with one attached hydrogen (secondary N) is 2. The Hall–Kier alpha value is -3.66. The number of carbonyl (C=O) groups excluding carboxylic acids is 3. The Bertz CT molecular complexity index is 1000. The number of benzene rings is 2. The molecule has 1 heterocycles. The minimum absolute atomic E-state index is 0.161. The summed E-state index contributed by atoms with van der Waals surface area (Å²) in [6, 6.07) is 7.63. The van der Waals surface area contributed by atoms with Crippen LogP contribution in [0.25, 0.3) is 0 Å². The van der Waals surface area contributed by atoms with Crippen molar-refractivity contribution in [1.82, 2.24) is 10.9 Å². The quantitative estimate of drug-likeness (QED) is 0.643. The molecule has 31 heavy (non-hydrogen) atoms. The van der Waals surface area contributed by atoms with Crippen molar-refractivity contribution in [3.05, 3.63) is 40.9 Å². The highest BCUT2D eigenvalue weighted by molar-refractivity contribution is 6.31. The molecule has 2 aromatic rings. The van der Waals surface area contributed by atoms with Crippen LogP contribution >= 0.6 is 11.6 Å². The Morgan fingerprint density at radius 3 is 2.35 bits per heavy atom. The van der Waals surface area contributed by atoms with Crippen molar-refractivity contribution in [2.24, 2.45) is 0 Å². The second-order valence-electron chi connectivity index (χ2n) is 6.30. The SMILES string of the molecule is COc1cc(C(=O)NNC(=O)CN2C(=O)COc3ccc(Cl)cc32)cc(OC)c1OC. The van der Waals surface area contributed by atoms with Crippen molar-refractivity contribution in [3.63, 3.8) is 0 Å². The minimum Gasteiger partial charge on any atom is -0.493 e. The van der Waals surface area contributed by atoms with Gasteiger partial charge in [-0.15, -0.1) is 0 Å². The molecule has 0 unspecified atom stereocenters. The van der Waals surface area contributed by atoms with Crippen molar-refractivity contribution in [3.8, 4) is 23.0 Å². The van der Waals surface area contributed by atoms with Crippen LogP contribution in [0.15, 0.2) is 30.3 Å². The highest BCUT2D eigenvalue weighted by Gasteiger charge is 2.28. The van der Waals surface area contributed by atoms with E-state index in [-0.39, 0.29) is 30.2 Å². The summed E-state index contributed by atoms with van der Waals surface area (Å²) in [6.07, 6.45) is 0. The number of amides is 3. The van der Waals surface area contributed by atoms with Gasteiger partial charge in [0.15, 0.2) is 18.1 Å². The van der Waals surface area contributed by atoms with Crippen LogP contribution in [0.2, 0.25) is 5.02 Å². The normalized spacial score (nSPS) is 12.4. The lowest BCUT2D eigenvalue weighted by molar-refractivity contribution is -0.125. The minimum atomic E-state index is -0.623. The number of nitrogens with zero attached hydrogens (tertiary/aromatic N) is 1. The zero-order chi connectivity index (χ0) is 22.5. The molecule has 11 heteroatoms. The monoisotopic (exact) mass is 449 g/mol. The van der Waals surface area contributed by atoms with Gasteiger partial charge in [0.1, 0.15) is 12.3 Å². The number of hydrazine groups is 1. The number of rotatable bonds is 6. The molecule has 0 atom stereocenters. The molecule has 3 rings (SSSR count). The summed E-state index contributed by atoms with van der Waals surface area (Å²) in [5.41, 5.74) is 5.10. The first kappa shape index (κ1) is 22.0. The number of hydrogen-bond acceptors (Lipinski definition) is 7. The van der Waals surface area contributed by atoms with Gasteiger partial charge in [0, 0.05) is 10.6 Å². The van der Waals surface area contributed by atoms with Crippen molar-refractivity contribution >= 4 is 35.0 Å². The van der Waals surface area contributed by atoms with E-state index in [1.165, 1.54) is 44.4 Å². The van der Waals surface area contributed by atoms with Gasteiger partial charge in [-0.2, -0.15) is 0 Å². The van der Waals surface area contributed by atoms with Crippen LogP contribution in [0.3, 0.4) is 0 Å². The van der Waals surface area contributed by atoms with Gasteiger partial charge in [-0.3, -0.25) is 30.1 Å². The predicted molar refractivity (Wildman–Crippen MR) is 111 cm³/mol. The number of halogens is 1. The average molecular weight is 450 g/mol. The average Bonchev–Trinajstić information content (AvgIpc) is 2.78. The number of anilines is 1. The maximum atomic E-state index is 12.5. The van der Waals surface area contributed by atoms with Crippen molar-refractivity contribution in [2.45, 2.75) is 0 Å². The Balaban J connectivity index is 1.69. The summed E-state index contributed by atoms with van der Waals surface area (Å²) in [6.45, 7) is -0.551. The van der Waals surface area contributed by atoms with Crippen molar-refractivity contribution in [1.29, 1.82) is 0 Å². The molecule has 1 aliphatic heterocycles. The second-order valence-corrected chi connectivity index (χ2v) is 6.73. The van der Waals surface area contributed by atoms with Crippen LogP contribution in [0.4, 0.5) is 5.69 Å². The smallest absolute Gasteiger partial charge is 0.269 e. The highest BCUT2D eigenvalue weighted by Crippen LogP contribution is 2.38. The third-order valence-corrected chi connectivity index (χ3v) is 4.64. The van der Waals surface area contributed by atoms with E-state index in [0.717, 1.165) is 0 Å². The maximum absolute atomic E-state index is 12.5. The molecule has 1 aliphatic rings. The van der Waals surface area contributed by atoms with Gasteiger partial charge in [-0.25, -0.2) is 0 Å². The Labute approximate surface area is 182 Å². The van der Waals surface area contributed by atoms with Gasteiger partial charge < -0.3 is 18.9 Å². The van der Waals surface area contributed by atoms with Gasteiger partial charge in [0.25, 0.3) is 17.7 Å². The fourth-order valence-electron chi connectivity index (χ4n) is 2.94. The van der Waals surface area contributed by atoms with Crippen LogP contribution < -0.4 is 34.7 Å². The third kappa shape index (κ3) is 4.75. The second kappa shape index (κ2) is 9.43.